The molecular formula is C14H24N2S. The van der Waals surface area contributed by atoms with Gasteiger partial charge in [0.15, 0.2) is 0 Å². The van der Waals surface area contributed by atoms with Gasteiger partial charge in [-0.1, -0.05) is 26.7 Å². The van der Waals surface area contributed by atoms with Crippen LogP contribution in [-0.4, -0.2) is 35.0 Å². The number of likely N-dealkylation sites (tertiary alicyclic amines) is 1. The molecule has 96 valence electrons. The Kier molecular flexibility index (Phi) is 4.05. The number of nitrogens with zero attached hydrogens (tertiary/aromatic N) is 2. The van der Waals surface area contributed by atoms with Crippen molar-refractivity contribution in [2.75, 3.05) is 24.6 Å². The fourth-order valence-corrected chi connectivity index (χ4v) is 4.91. The highest BCUT2D eigenvalue weighted by molar-refractivity contribution is 7.99. The van der Waals surface area contributed by atoms with Gasteiger partial charge in [0.05, 0.1) is 6.07 Å². The molecule has 1 atom stereocenters. The van der Waals surface area contributed by atoms with Crippen molar-refractivity contribution in [2.45, 2.75) is 51.5 Å². The van der Waals surface area contributed by atoms with Crippen molar-refractivity contribution in [3.63, 3.8) is 0 Å². The number of hydrogen-bond acceptors (Lipinski definition) is 3. The topological polar surface area (TPSA) is 27.0 Å². The first-order valence-corrected chi connectivity index (χ1v) is 8.02. The van der Waals surface area contributed by atoms with Gasteiger partial charge in [-0.05, 0) is 43.5 Å². The minimum Gasteiger partial charge on any atom is -0.284 e. The first-order valence-electron chi connectivity index (χ1n) is 6.86. The first-order chi connectivity index (χ1) is 8.12. The highest BCUT2D eigenvalue weighted by atomic mass is 32.2. The van der Waals surface area contributed by atoms with Crippen molar-refractivity contribution < 1.29 is 0 Å². The SMILES string of the molecule is CC1(C)CCSCC1(C#N)N1CCCCCC1. The van der Waals surface area contributed by atoms with Gasteiger partial charge in [-0.15, -0.1) is 0 Å². The number of nitriles is 1. The van der Waals surface area contributed by atoms with E-state index in [9.17, 15) is 5.26 Å². The molecule has 0 spiro atoms. The zero-order valence-electron chi connectivity index (χ0n) is 11.2. The summed E-state index contributed by atoms with van der Waals surface area (Å²) in [6.07, 6.45) is 6.38. The summed E-state index contributed by atoms with van der Waals surface area (Å²) in [6.45, 7) is 6.83. The van der Waals surface area contributed by atoms with Gasteiger partial charge < -0.3 is 0 Å². The van der Waals surface area contributed by atoms with Crippen LogP contribution >= 0.6 is 11.8 Å². The third kappa shape index (κ3) is 2.35. The Morgan fingerprint density at radius 1 is 1.12 bits per heavy atom. The molecule has 0 aromatic rings. The molecule has 0 radical (unpaired) electrons. The highest BCUT2D eigenvalue weighted by Gasteiger charge is 2.51. The van der Waals surface area contributed by atoms with E-state index in [1.165, 1.54) is 37.9 Å². The summed E-state index contributed by atoms with van der Waals surface area (Å²) < 4.78 is 0. The Hall–Kier alpha value is -0.200. The van der Waals surface area contributed by atoms with Gasteiger partial charge in [-0.25, -0.2) is 0 Å². The molecule has 1 unspecified atom stereocenters. The van der Waals surface area contributed by atoms with Crippen LogP contribution in [0.5, 0.6) is 0 Å². The fourth-order valence-electron chi connectivity index (χ4n) is 3.18. The monoisotopic (exact) mass is 252 g/mol. The van der Waals surface area contributed by atoms with Crippen molar-refractivity contribution in [2.24, 2.45) is 5.41 Å². The van der Waals surface area contributed by atoms with Crippen LogP contribution in [0.15, 0.2) is 0 Å². The van der Waals surface area contributed by atoms with Crippen molar-refractivity contribution in [1.29, 1.82) is 5.26 Å². The van der Waals surface area contributed by atoms with Crippen LogP contribution in [0.25, 0.3) is 0 Å². The lowest BCUT2D eigenvalue weighted by Gasteiger charge is -2.51. The van der Waals surface area contributed by atoms with Gasteiger partial charge in [0.25, 0.3) is 0 Å². The summed E-state index contributed by atoms with van der Waals surface area (Å²) in [6, 6.07) is 2.71. The Balaban J connectivity index is 2.25. The van der Waals surface area contributed by atoms with Gasteiger partial charge in [-0.3, -0.25) is 4.90 Å². The van der Waals surface area contributed by atoms with Gasteiger partial charge in [0.1, 0.15) is 5.54 Å². The van der Waals surface area contributed by atoms with Gasteiger partial charge in [0, 0.05) is 5.75 Å². The van der Waals surface area contributed by atoms with E-state index < -0.39 is 0 Å². The molecule has 0 aromatic carbocycles. The predicted octanol–water partition coefficient (Wildman–Crippen LogP) is 3.29. The van der Waals surface area contributed by atoms with Crippen LogP contribution < -0.4 is 0 Å². The third-order valence-corrected chi connectivity index (χ3v) is 5.75. The molecule has 0 N–H and O–H groups in total. The molecule has 0 saturated carbocycles. The maximum absolute atomic E-state index is 9.82. The molecule has 2 aliphatic rings. The molecule has 0 aromatic heterocycles. The molecule has 2 nitrogen and oxygen atoms in total. The zero-order valence-corrected chi connectivity index (χ0v) is 12.0. The van der Waals surface area contributed by atoms with Crippen LogP contribution in [0.3, 0.4) is 0 Å². The predicted molar refractivity (Wildman–Crippen MR) is 74.1 cm³/mol. The van der Waals surface area contributed by atoms with Crippen LogP contribution in [0.1, 0.15) is 46.0 Å². The molecular weight excluding hydrogens is 228 g/mol. The van der Waals surface area contributed by atoms with E-state index >= 15 is 0 Å². The molecule has 2 heterocycles. The van der Waals surface area contributed by atoms with Gasteiger partial charge in [-0.2, -0.15) is 17.0 Å². The summed E-state index contributed by atoms with van der Waals surface area (Å²) in [4.78, 5) is 2.51. The number of thioether (sulfide) groups is 1. The molecule has 3 heteroatoms. The lowest BCUT2D eigenvalue weighted by molar-refractivity contribution is 0.0422. The van der Waals surface area contributed by atoms with E-state index in [1.807, 2.05) is 11.8 Å². The van der Waals surface area contributed by atoms with E-state index in [-0.39, 0.29) is 11.0 Å². The third-order valence-electron chi connectivity index (χ3n) is 4.63. The van der Waals surface area contributed by atoms with E-state index in [2.05, 4.69) is 24.8 Å². The second-order valence-corrected chi connectivity index (χ2v) is 7.16. The van der Waals surface area contributed by atoms with Crippen molar-refractivity contribution >= 4 is 11.8 Å². The maximum Gasteiger partial charge on any atom is 0.123 e. The Labute approximate surface area is 110 Å². The lowest BCUT2D eigenvalue weighted by atomic mass is 9.70. The van der Waals surface area contributed by atoms with Crippen molar-refractivity contribution in [3.8, 4) is 6.07 Å². The Bertz CT molecular complexity index is 300. The molecule has 2 rings (SSSR count). The van der Waals surface area contributed by atoms with E-state index in [1.54, 1.807) is 0 Å². The normalized spacial score (nSPS) is 34.9. The van der Waals surface area contributed by atoms with Crippen molar-refractivity contribution in [3.05, 3.63) is 0 Å². The average molecular weight is 252 g/mol. The number of hydrogen-bond donors (Lipinski definition) is 0. The first kappa shape index (κ1) is 13.2. The quantitative estimate of drug-likeness (QED) is 0.716. The fraction of sp³-hybridized carbons (Fsp3) is 0.929. The smallest absolute Gasteiger partial charge is 0.123 e. The summed E-state index contributed by atoms with van der Waals surface area (Å²) in [5.74, 6) is 2.21. The van der Waals surface area contributed by atoms with Crippen LogP contribution in [-0.2, 0) is 0 Å². The highest BCUT2D eigenvalue weighted by Crippen LogP contribution is 2.46. The average Bonchev–Trinajstić information content (AvgIpc) is 2.58. The molecule has 2 saturated heterocycles. The largest absolute Gasteiger partial charge is 0.284 e. The van der Waals surface area contributed by atoms with Crippen LogP contribution in [0, 0.1) is 16.7 Å². The molecule has 17 heavy (non-hydrogen) atoms. The van der Waals surface area contributed by atoms with E-state index in [0.717, 1.165) is 18.8 Å². The standard InChI is InChI=1S/C14H24N2S/c1-13(2)7-10-17-12-14(13,11-15)16-8-5-3-4-6-9-16/h3-10,12H2,1-2H3. The summed E-state index contributed by atoms with van der Waals surface area (Å²) >= 11 is 1.97. The minimum absolute atomic E-state index is 0.136. The Morgan fingerprint density at radius 3 is 2.29 bits per heavy atom. The summed E-state index contributed by atoms with van der Waals surface area (Å²) in [5, 5.41) is 9.82. The van der Waals surface area contributed by atoms with Crippen LogP contribution in [0.4, 0.5) is 0 Å². The molecule has 2 aliphatic heterocycles. The second kappa shape index (κ2) is 5.20. The number of rotatable bonds is 1. The van der Waals surface area contributed by atoms with E-state index in [4.69, 9.17) is 0 Å². The van der Waals surface area contributed by atoms with Crippen LogP contribution in [0.2, 0.25) is 0 Å². The molecule has 0 aliphatic carbocycles. The molecule has 0 amide bonds. The van der Waals surface area contributed by atoms with Gasteiger partial charge >= 0.3 is 0 Å². The zero-order chi connectivity index (χ0) is 12.4. The maximum atomic E-state index is 9.82. The lowest BCUT2D eigenvalue weighted by Crippen LogP contribution is -2.61. The second-order valence-electron chi connectivity index (χ2n) is 6.06. The van der Waals surface area contributed by atoms with Crippen molar-refractivity contribution in [1.82, 2.24) is 4.90 Å². The van der Waals surface area contributed by atoms with Gasteiger partial charge in [0.2, 0.25) is 0 Å². The summed E-state index contributed by atoms with van der Waals surface area (Å²) in [7, 11) is 0. The molecule has 2 fully saturated rings. The minimum atomic E-state index is -0.222. The molecule has 0 bridgehead atoms. The summed E-state index contributed by atoms with van der Waals surface area (Å²) in [5.41, 5.74) is -0.0857. The van der Waals surface area contributed by atoms with E-state index in [0.29, 0.717) is 0 Å². The Morgan fingerprint density at radius 2 is 1.76 bits per heavy atom.